The molecule has 0 fully saturated rings. The lowest BCUT2D eigenvalue weighted by Crippen LogP contribution is -2.41. The van der Waals surface area contributed by atoms with Crippen LogP contribution in [0.4, 0.5) is 5.69 Å². The number of amides is 1. The zero-order chi connectivity index (χ0) is 22.1. The van der Waals surface area contributed by atoms with Gasteiger partial charge in [0.05, 0.1) is 7.11 Å². The second-order valence-electron chi connectivity index (χ2n) is 8.27. The van der Waals surface area contributed by atoms with Gasteiger partial charge >= 0.3 is 0 Å². The van der Waals surface area contributed by atoms with Crippen molar-refractivity contribution in [1.29, 1.82) is 0 Å². The largest absolute Gasteiger partial charge is 0.497 e. The van der Waals surface area contributed by atoms with Gasteiger partial charge in [-0.3, -0.25) is 19.5 Å². The molecule has 0 saturated carbocycles. The lowest BCUT2D eigenvalue weighted by molar-refractivity contribution is -0.120. The topological polar surface area (TPSA) is 59.5 Å². The molecular formula is C27H24N2O3. The van der Waals surface area contributed by atoms with Crippen LogP contribution in [0, 0.1) is 0 Å². The molecule has 1 amide bonds. The maximum absolute atomic E-state index is 13.5. The first-order chi connectivity index (χ1) is 15.7. The van der Waals surface area contributed by atoms with Crippen LogP contribution in [0.3, 0.4) is 0 Å². The van der Waals surface area contributed by atoms with Gasteiger partial charge in [-0.2, -0.15) is 0 Å². The van der Waals surface area contributed by atoms with Crippen molar-refractivity contribution in [2.45, 2.75) is 31.1 Å². The van der Waals surface area contributed by atoms with Crippen LogP contribution < -0.4 is 9.64 Å². The lowest BCUT2D eigenvalue weighted by atomic mass is 9.73. The minimum absolute atomic E-state index is 0.00992. The van der Waals surface area contributed by atoms with Crippen LogP contribution >= 0.6 is 0 Å². The van der Waals surface area contributed by atoms with E-state index in [-0.39, 0.29) is 29.9 Å². The normalized spacial score (nSPS) is 20.8. The Labute approximate surface area is 187 Å². The van der Waals surface area contributed by atoms with E-state index in [4.69, 9.17) is 4.74 Å². The number of aromatic nitrogens is 1. The first kappa shape index (κ1) is 20.2. The van der Waals surface area contributed by atoms with Gasteiger partial charge in [-0.1, -0.05) is 36.4 Å². The van der Waals surface area contributed by atoms with Crippen molar-refractivity contribution in [3.05, 3.63) is 102 Å². The molecule has 2 heterocycles. The summed E-state index contributed by atoms with van der Waals surface area (Å²) < 4.78 is 5.28. The third-order valence-corrected chi connectivity index (χ3v) is 6.42. The van der Waals surface area contributed by atoms with E-state index in [1.165, 1.54) is 0 Å². The Morgan fingerprint density at radius 1 is 0.875 bits per heavy atom. The smallest absolute Gasteiger partial charge is 0.232 e. The highest BCUT2D eigenvalue weighted by Crippen LogP contribution is 2.46. The summed E-state index contributed by atoms with van der Waals surface area (Å²) in [6.07, 6.45) is 4.81. The van der Waals surface area contributed by atoms with Crippen molar-refractivity contribution in [1.82, 2.24) is 4.98 Å². The molecule has 2 aliphatic rings. The van der Waals surface area contributed by atoms with Crippen molar-refractivity contribution in [3.63, 3.8) is 0 Å². The molecule has 0 saturated heterocycles. The highest BCUT2D eigenvalue weighted by molar-refractivity contribution is 6.07. The Balaban J connectivity index is 1.63. The van der Waals surface area contributed by atoms with Crippen LogP contribution in [-0.4, -0.2) is 23.8 Å². The van der Waals surface area contributed by atoms with Crippen molar-refractivity contribution in [3.8, 4) is 5.75 Å². The summed E-state index contributed by atoms with van der Waals surface area (Å²) >= 11 is 0. The summed E-state index contributed by atoms with van der Waals surface area (Å²) in [5.74, 6) is 0.611. The van der Waals surface area contributed by atoms with E-state index in [1.54, 1.807) is 24.4 Å². The summed E-state index contributed by atoms with van der Waals surface area (Å²) in [6.45, 7) is 0. The fraction of sp³-hybridized carbons (Fsp3) is 0.222. The first-order valence-electron chi connectivity index (χ1n) is 10.8. The van der Waals surface area contributed by atoms with E-state index in [2.05, 4.69) is 17.1 Å². The van der Waals surface area contributed by atoms with Gasteiger partial charge in [-0.25, -0.2) is 0 Å². The number of hydrogen-bond donors (Lipinski definition) is 0. The average molecular weight is 425 g/mol. The summed E-state index contributed by atoms with van der Waals surface area (Å²) in [4.78, 5) is 33.0. The quantitative estimate of drug-likeness (QED) is 0.591. The molecule has 1 aromatic heterocycles. The molecule has 3 aromatic rings. The molecule has 5 rings (SSSR count). The van der Waals surface area contributed by atoms with Crippen LogP contribution in [0.5, 0.6) is 5.75 Å². The molecule has 2 unspecified atom stereocenters. The molecule has 5 nitrogen and oxygen atoms in total. The fourth-order valence-corrected chi connectivity index (χ4v) is 4.89. The number of ether oxygens (including phenoxy) is 1. The number of allylic oxidation sites excluding steroid dienone is 2. The van der Waals surface area contributed by atoms with Crippen molar-refractivity contribution in [2.24, 2.45) is 0 Å². The van der Waals surface area contributed by atoms with Gasteiger partial charge < -0.3 is 4.74 Å². The van der Waals surface area contributed by atoms with Gasteiger partial charge in [0.25, 0.3) is 0 Å². The van der Waals surface area contributed by atoms with Crippen molar-refractivity contribution in [2.75, 3.05) is 12.0 Å². The zero-order valence-corrected chi connectivity index (χ0v) is 17.9. The van der Waals surface area contributed by atoms with E-state index in [0.29, 0.717) is 12.8 Å². The van der Waals surface area contributed by atoms with Gasteiger partial charge in [0, 0.05) is 48.1 Å². The minimum Gasteiger partial charge on any atom is -0.497 e. The van der Waals surface area contributed by atoms with Crippen molar-refractivity contribution >= 4 is 17.4 Å². The van der Waals surface area contributed by atoms with Gasteiger partial charge in [0.2, 0.25) is 5.91 Å². The SMILES string of the molecule is COc1ccc(N2C(=O)CC(c3cccnc3)C3=C2CC(c2ccccc2)CC3=O)cc1. The summed E-state index contributed by atoms with van der Waals surface area (Å²) in [7, 11) is 1.62. The molecule has 1 aliphatic carbocycles. The molecule has 2 aromatic carbocycles. The molecular weight excluding hydrogens is 400 g/mol. The summed E-state index contributed by atoms with van der Waals surface area (Å²) in [5, 5.41) is 0. The third kappa shape index (κ3) is 3.60. The number of anilines is 1. The van der Waals surface area contributed by atoms with Crippen LogP contribution in [0.25, 0.3) is 0 Å². The first-order valence-corrected chi connectivity index (χ1v) is 10.8. The number of carbonyl (C=O) groups is 2. The predicted octanol–water partition coefficient (Wildman–Crippen LogP) is 5.01. The molecule has 32 heavy (non-hydrogen) atoms. The molecule has 0 N–H and O–H groups in total. The van der Waals surface area contributed by atoms with Gasteiger partial charge in [0.1, 0.15) is 5.75 Å². The van der Waals surface area contributed by atoms with Gasteiger partial charge in [-0.05, 0) is 53.8 Å². The number of hydrogen-bond acceptors (Lipinski definition) is 4. The standard InChI is InChI=1S/C27H24N2O3/c1-32-22-11-9-21(10-12-22)29-24-14-20(18-6-3-2-4-7-18)15-25(30)27(24)23(16-26(29)31)19-8-5-13-28-17-19/h2-13,17,20,23H,14-16H2,1H3. The maximum atomic E-state index is 13.5. The molecule has 2 atom stereocenters. The third-order valence-electron chi connectivity index (χ3n) is 6.42. The Kier molecular flexibility index (Phi) is 5.31. The Morgan fingerprint density at radius 2 is 1.62 bits per heavy atom. The van der Waals surface area contributed by atoms with Crippen LogP contribution in [-0.2, 0) is 9.59 Å². The number of rotatable bonds is 4. The number of pyridine rings is 1. The number of ketones is 1. The monoisotopic (exact) mass is 424 g/mol. The van der Waals surface area contributed by atoms with Crippen molar-refractivity contribution < 1.29 is 14.3 Å². The van der Waals surface area contributed by atoms with Gasteiger partial charge in [-0.15, -0.1) is 0 Å². The molecule has 0 spiro atoms. The van der Waals surface area contributed by atoms with Crippen LogP contribution in [0.15, 0.2) is 90.4 Å². The summed E-state index contributed by atoms with van der Waals surface area (Å²) in [5.41, 5.74) is 4.35. The van der Waals surface area contributed by atoms with E-state index < -0.39 is 0 Å². The van der Waals surface area contributed by atoms with E-state index in [0.717, 1.165) is 33.8 Å². The number of benzene rings is 2. The Hall–Kier alpha value is -3.73. The minimum atomic E-state index is -0.259. The van der Waals surface area contributed by atoms with E-state index >= 15 is 0 Å². The van der Waals surface area contributed by atoms with Crippen LogP contribution in [0.1, 0.15) is 42.2 Å². The highest BCUT2D eigenvalue weighted by atomic mass is 16.5. The second-order valence-corrected chi connectivity index (χ2v) is 8.27. The zero-order valence-electron chi connectivity index (χ0n) is 17.9. The molecule has 160 valence electrons. The maximum Gasteiger partial charge on any atom is 0.232 e. The van der Waals surface area contributed by atoms with Gasteiger partial charge in [0.15, 0.2) is 5.78 Å². The van der Waals surface area contributed by atoms with E-state index in [9.17, 15) is 9.59 Å². The highest BCUT2D eigenvalue weighted by Gasteiger charge is 2.42. The summed E-state index contributed by atoms with van der Waals surface area (Å²) in [6, 6.07) is 21.3. The lowest BCUT2D eigenvalue weighted by Gasteiger charge is -2.40. The fourth-order valence-electron chi connectivity index (χ4n) is 4.89. The predicted molar refractivity (Wildman–Crippen MR) is 123 cm³/mol. The Bertz CT molecular complexity index is 1170. The number of methoxy groups -OCH3 is 1. The van der Waals surface area contributed by atoms with E-state index in [1.807, 2.05) is 54.6 Å². The molecule has 1 aliphatic heterocycles. The Morgan fingerprint density at radius 3 is 2.31 bits per heavy atom. The number of nitrogens with zero attached hydrogens (tertiary/aromatic N) is 2. The number of Topliss-reactive ketones (excluding diaryl/α,β-unsaturated/α-hetero) is 1. The molecule has 0 bridgehead atoms. The molecule has 0 radical (unpaired) electrons. The second kappa shape index (κ2) is 8.42. The number of carbonyl (C=O) groups excluding carboxylic acids is 2. The molecule has 5 heteroatoms. The van der Waals surface area contributed by atoms with Crippen LogP contribution in [0.2, 0.25) is 0 Å². The average Bonchev–Trinajstić information content (AvgIpc) is 2.84.